The third-order valence-corrected chi connectivity index (χ3v) is 3.08. The van der Waals surface area contributed by atoms with Gasteiger partial charge in [0.2, 0.25) is 0 Å². The Morgan fingerprint density at radius 2 is 1.93 bits per heavy atom. The molecule has 3 heteroatoms. The van der Waals surface area contributed by atoms with Crippen molar-refractivity contribution in [2.24, 2.45) is 0 Å². The molecule has 0 atom stereocenters. The van der Waals surface area contributed by atoms with E-state index in [1.807, 2.05) is 12.1 Å². The quantitative estimate of drug-likeness (QED) is 0.664. The fraction of sp³-hybridized carbons (Fsp3) is 0.455. The lowest BCUT2D eigenvalue weighted by Gasteiger charge is -2.10. The summed E-state index contributed by atoms with van der Waals surface area (Å²) in [5.74, 6) is 0. The number of rotatable bonds is 0. The molecule has 0 radical (unpaired) electrons. The minimum Gasteiger partial charge on any atom is -0.306 e. The Bertz CT molecular complexity index is 312. The highest BCUT2D eigenvalue weighted by Gasteiger charge is 2.12. The Morgan fingerprint density at radius 3 is 2.71 bits per heavy atom. The standard InChI is InChI=1S/C11H14ClN.ClH/c1-13-7-5-9-3-2-4-11(12)10(9)6-8-13;/h2-4H,5-8H2,1H3;1H. The van der Waals surface area contributed by atoms with Gasteiger partial charge < -0.3 is 4.90 Å². The zero-order valence-electron chi connectivity index (χ0n) is 8.29. The van der Waals surface area contributed by atoms with Crippen LogP contribution < -0.4 is 0 Å². The maximum atomic E-state index is 6.14. The van der Waals surface area contributed by atoms with Gasteiger partial charge in [0.1, 0.15) is 0 Å². The van der Waals surface area contributed by atoms with E-state index in [4.69, 9.17) is 11.6 Å². The number of likely N-dealkylation sites (N-methyl/N-ethyl adjacent to an activating group) is 1. The summed E-state index contributed by atoms with van der Waals surface area (Å²) >= 11 is 6.14. The second-order valence-electron chi connectivity index (χ2n) is 3.68. The van der Waals surface area contributed by atoms with Crippen molar-refractivity contribution in [3.63, 3.8) is 0 Å². The first-order valence-electron chi connectivity index (χ1n) is 4.72. The molecule has 1 aromatic carbocycles. The maximum Gasteiger partial charge on any atom is 0.0441 e. The first-order valence-corrected chi connectivity index (χ1v) is 5.10. The molecule has 0 N–H and O–H groups in total. The van der Waals surface area contributed by atoms with Crippen molar-refractivity contribution in [2.75, 3.05) is 20.1 Å². The fourth-order valence-electron chi connectivity index (χ4n) is 1.84. The van der Waals surface area contributed by atoms with Crippen LogP contribution in [0.4, 0.5) is 0 Å². The largest absolute Gasteiger partial charge is 0.306 e. The third-order valence-electron chi connectivity index (χ3n) is 2.72. The van der Waals surface area contributed by atoms with E-state index >= 15 is 0 Å². The van der Waals surface area contributed by atoms with Crippen LogP contribution in [0.3, 0.4) is 0 Å². The highest BCUT2D eigenvalue weighted by Crippen LogP contribution is 2.23. The van der Waals surface area contributed by atoms with Crippen molar-refractivity contribution < 1.29 is 0 Å². The van der Waals surface area contributed by atoms with Gasteiger partial charge in [-0.1, -0.05) is 23.7 Å². The van der Waals surface area contributed by atoms with Gasteiger partial charge in [0, 0.05) is 18.1 Å². The maximum absolute atomic E-state index is 6.14. The summed E-state index contributed by atoms with van der Waals surface area (Å²) < 4.78 is 0. The third kappa shape index (κ3) is 2.41. The van der Waals surface area contributed by atoms with Crippen LogP contribution in [0.25, 0.3) is 0 Å². The van der Waals surface area contributed by atoms with Gasteiger partial charge in [-0.3, -0.25) is 0 Å². The van der Waals surface area contributed by atoms with E-state index in [-0.39, 0.29) is 12.4 Å². The van der Waals surface area contributed by atoms with Crippen molar-refractivity contribution in [3.05, 3.63) is 34.3 Å². The SMILES string of the molecule is CN1CCc2cccc(Cl)c2CC1.Cl. The number of nitrogens with zero attached hydrogens (tertiary/aromatic N) is 1. The van der Waals surface area contributed by atoms with Crippen LogP contribution >= 0.6 is 24.0 Å². The van der Waals surface area contributed by atoms with Crippen LogP contribution in [0, 0.1) is 0 Å². The van der Waals surface area contributed by atoms with E-state index in [1.54, 1.807) is 0 Å². The predicted octanol–water partition coefficient (Wildman–Crippen LogP) is 2.79. The summed E-state index contributed by atoms with van der Waals surface area (Å²) in [6.45, 7) is 2.27. The topological polar surface area (TPSA) is 3.24 Å². The molecule has 0 bridgehead atoms. The molecule has 0 fully saturated rings. The van der Waals surface area contributed by atoms with Crippen molar-refractivity contribution in [1.82, 2.24) is 4.90 Å². The molecule has 0 aromatic heterocycles. The Balaban J connectivity index is 0.000000980. The van der Waals surface area contributed by atoms with Crippen molar-refractivity contribution in [1.29, 1.82) is 0 Å². The first kappa shape index (κ1) is 11.8. The van der Waals surface area contributed by atoms with Crippen molar-refractivity contribution in [3.8, 4) is 0 Å². The van der Waals surface area contributed by atoms with E-state index in [1.165, 1.54) is 11.1 Å². The molecule has 0 unspecified atom stereocenters. The average molecular weight is 232 g/mol. The van der Waals surface area contributed by atoms with E-state index in [0.717, 1.165) is 31.0 Å². The highest BCUT2D eigenvalue weighted by molar-refractivity contribution is 6.31. The Morgan fingerprint density at radius 1 is 1.21 bits per heavy atom. The molecule has 0 spiro atoms. The fourth-order valence-corrected chi connectivity index (χ4v) is 2.13. The molecule has 1 heterocycles. The van der Waals surface area contributed by atoms with Crippen LogP contribution in [-0.4, -0.2) is 25.0 Å². The number of fused-ring (bicyclic) bond motifs is 1. The summed E-state index contributed by atoms with van der Waals surface area (Å²) in [6, 6.07) is 6.23. The number of benzene rings is 1. The average Bonchev–Trinajstić information content (AvgIpc) is 2.30. The van der Waals surface area contributed by atoms with Gasteiger partial charge in [-0.15, -0.1) is 12.4 Å². The number of hydrogen-bond donors (Lipinski definition) is 0. The molecule has 1 aromatic rings. The smallest absolute Gasteiger partial charge is 0.0441 e. The van der Waals surface area contributed by atoms with Crippen LogP contribution in [0.15, 0.2) is 18.2 Å². The molecule has 0 amide bonds. The Labute approximate surface area is 96.5 Å². The van der Waals surface area contributed by atoms with Gasteiger partial charge in [0.25, 0.3) is 0 Å². The monoisotopic (exact) mass is 231 g/mol. The number of halogens is 2. The Hall–Kier alpha value is -0.240. The molecule has 78 valence electrons. The van der Waals surface area contributed by atoms with Gasteiger partial charge in [-0.25, -0.2) is 0 Å². The minimum atomic E-state index is 0. The second kappa shape index (κ2) is 5.01. The van der Waals surface area contributed by atoms with Crippen molar-refractivity contribution >= 4 is 24.0 Å². The van der Waals surface area contributed by atoms with E-state index in [0.29, 0.717) is 0 Å². The van der Waals surface area contributed by atoms with Gasteiger partial charge >= 0.3 is 0 Å². The summed E-state index contributed by atoms with van der Waals surface area (Å²) in [7, 11) is 2.17. The molecule has 14 heavy (non-hydrogen) atoms. The molecule has 1 aliphatic heterocycles. The van der Waals surface area contributed by atoms with Crippen molar-refractivity contribution in [2.45, 2.75) is 12.8 Å². The molecule has 0 saturated heterocycles. The predicted molar refractivity (Wildman–Crippen MR) is 63.6 cm³/mol. The van der Waals surface area contributed by atoms with Gasteiger partial charge in [-0.05, 0) is 37.1 Å². The molecular formula is C11H15Cl2N. The van der Waals surface area contributed by atoms with Gasteiger partial charge in [0.05, 0.1) is 0 Å². The van der Waals surface area contributed by atoms with Gasteiger partial charge in [-0.2, -0.15) is 0 Å². The zero-order chi connectivity index (χ0) is 9.26. The molecule has 0 saturated carbocycles. The lowest BCUT2D eigenvalue weighted by Crippen LogP contribution is -2.20. The molecule has 2 rings (SSSR count). The van der Waals surface area contributed by atoms with Crippen LogP contribution in [0.5, 0.6) is 0 Å². The highest BCUT2D eigenvalue weighted by atomic mass is 35.5. The first-order chi connectivity index (χ1) is 6.27. The summed E-state index contributed by atoms with van der Waals surface area (Å²) in [5, 5.41) is 0.938. The van der Waals surface area contributed by atoms with E-state index in [2.05, 4.69) is 18.0 Å². The second-order valence-corrected chi connectivity index (χ2v) is 4.09. The normalized spacial score (nSPS) is 16.7. The lowest BCUT2D eigenvalue weighted by atomic mass is 10.0. The van der Waals surface area contributed by atoms with Gasteiger partial charge in [0.15, 0.2) is 0 Å². The van der Waals surface area contributed by atoms with E-state index < -0.39 is 0 Å². The molecule has 0 aliphatic carbocycles. The Kier molecular flexibility index (Phi) is 4.24. The minimum absolute atomic E-state index is 0. The van der Waals surface area contributed by atoms with Crippen LogP contribution in [0.2, 0.25) is 5.02 Å². The summed E-state index contributed by atoms with van der Waals surface area (Å²) in [6.07, 6.45) is 2.22. The summed E-state index contributed by atoms with van der Waals surface area (Å²) in [4.78, 5) is 2.36. The van der Waals surface area contributed by atoms with E-state index in [9.17, 15) is 0 Å². The van der Waals surface area contributed by atoms with Crippen LogP contribution in [-0.2, 0) is 12.8 Å². The summed E-state index contributed by atoms with van der Waals surface area (Å²) in [5.41, 5.74) is 2.78. The zero-order valence-corrected chi connectivity index (χ0v) is 9.87. The lowest BCUT2D eigenvalue weighted by molar-refractivity contribution is 0.352. The number of hydrogen-bond acceptors (Lipinski definition) is 1. The van der Waals surface area contributed by atoms with Crippen LogP contribution in [0.1, 0.15) is 11.1 Å². The molecule has 1 nitrogen and oxygen atoms in total. The molecular weight excluding hydrogens is 217 g/mol. The molecule has 1 aliphatic rings.